The molecule has 0 spiro atoms. The van der Waals surface area contributed by atoms with Crippen LogP contribution in [0.2, 0.25) is 0 Å². The van der Waals surface area contributed by atoms with Gasteiger partial charge in [0.05, 0.1) is 10.8 Å². The fourth-order valence-electron chi connectivity index (χ4n) is 2.13. The first-order valence-corrected chi connectivity index (χ1v) is 8.85. The number of ketones is 1. The van der Waals surface area contributed by atoms with E-state index >= 15 is 0 Å². The van der Waals surface area contributed by atoms with Crippen molar-refractivity contribution >= 4 is 33.5 Å². The lowest BCUT2D eigenvalue weighted by molar-refractivity contribution is 0.0994. The molecule has 0 amide bonds. The van der Waals surface area contributed by atoms with Gasteiger partial charge in [0, 0.05) is 10.0 Å². The normalized spacial score (nSPS) is 12.1. The maximum atomic E-state index is 13.8. The third-order valence-electron chi connectivity index (χ3n) is 3.37. The molecular formula is C17H13BrFN3OS. The summed E-state index contributed by atoms with van der Waals surface area (Å²) in [6, 6.07) is 13.5. The largest absolute Gasteiger partial charge is 0.293 e. The number of Topliss-reactive ketones (excluding diaryl/α,β-unsaturated/α-hetero) is 1. The molecule has 0 aliphatic heterocycles. The highest BCUT2D eigenvalue weighted by molar-refractivity contribution is 9.10. The third-order valence-corrected chi connectivity index (χ3v) is 4.86. The molecule has 24 heavy (non-hydrogen) atoms. The number of nitrogens with zero attached hydrogens (tertiary/aromatic N) is 2. The van der Waals surface area contributed by atoms with Gasteiger partial charge >= 0.3 is 0 Å². The van der Waals surface area contributed by atoms with Crippen LogP contribution in [0.5, 0.6) is 0 Å². The van der Waals surface area contributed by atoms with Gasteiger partial charge in [0.2, 0.25) is 5.16 Å². The van der Waals surface area contributed by atoms with E-state index in [-0.39, 0.29) is 16.9 Å². The monoisotopic (exact) mass is 405 g/mol. The predicted octanol–water partition coefficient (Wildman–Crippen LogP) is 4.74. The first kappa shape index (κ1) is 16.9. The second kappa shape index (κ2) is 7.27. The number of carbonyl (C=O) groups is 1. The van der Waals surface area contributed by atoms with Crippen molar-refractivity contribution in [2.45, 2.75) is 17.3 Å². The van der Waals surface area contributed by atoms with Crippen LogP contribution in [0, 0.1) is 5.82 Å². The fraction of sp³-hybridized carbons (Fsp3) is 0.118. The second-order valence-electron chi connectivity index (χ2n) is 5.08. The Morgan fingerprint density at radius 2 is 1.92 bits per heavy atom. The Kier molecular flexibility index (Phi) is 5.11. The smallest absolute Gasteiger partial charge is 0.209 e. The Bertz CT molecular complexity index is 866. The molecule has 0 fully saturated rings. The Morgan fingerprint density at radius 3 is 2.62 bits per heavy atom. The van der Waals surface area contributed by atoms with E-state index in [1.165, 1.54) is 17.8 Å². The quantitative estimate of drug-likeness (QED) is 0.491. The molecule has 0 radical (unpaired) electrons. The Labute approximate surface area is 151 Å². The van der Waals surface area contributed by atoms with Crippen LogP contribution in [0.25, 0.3) is 11.4 Å². The minimum Gasteiger partial charge on any atom is -0.293 e. The molecule has 3 aromatic rings. The number of benzene rings is 2. The SMILES string of the molecule is CC(Sc1n[nH]c(-c2ccccc2F)n1)C(=O)c1ccc(Br)cc1. The zero-order valence-corrected chi connectivity index (χ0v) is 15.1. The summed E-state index contributed by atoms with van der Waals surface area (Å²) >= 11 is 4.58. The number of aromatic nitrogens is 3. The highest BCUT2D eigenvalue weighted by atomic mass is 79.9. The van der Waals surface area contributed by atoms with Crippen molar-refractivity contribution in [3.8, 4) is 11.4 Å². The Balaban J connectivity index is 1.73. The summed E-state index contributed by atoms with van der Waals surface area (Å²) in [6.07, 6.45) is 0. The van der Waals surface area contributed by atoms with E-state index in [0.29, 0.717) is 22.1 Å². The molecule has 1 atom stereocenters. The summed E-state index contributed by atoms with van der Waals surface area (Å²) in [6.45, 7) is 1.80. The van der Waals surface area contributed by atoms with Crippen LogP contribution in [0.3, 0.4) is 0 Å². The standard InChI is InChI=1S/C17H13BrFN3OS/c1-10(15(23)11-6-8-12(18)9-7-11)24-17-20-16(21-22-17)13-4-2-3-5-14(13)19/h2-10H,1H3,(H,20,21,22). The molecule has 122 valence electrons. The van der Waals surface area contributed by atoms with Gasteiger partial charge in [0.25, 0.3) is 0 Å². The van der Waals surface area contributed by atoms with E-state index < -0.39 is 0 Å². The van der Waals surface area contributed by atoms with Crippen molar-refractivity contribution in [3.63, 3.8) is 0 Å². The van der Waals surface area contributed by atoms with Crippen molar-refractivity contribution < 1.29 is 9.18 Å². The molecule has 2 aromatic carbocycles. The van der Waals surface area contributed by atoms with Crippen LogP contribution in [-0.4, -0.2) is 26.2 Å². The number of H-pyrrole nitrogens is 1. The molecule has 0 saturated carbocycles. The van der Waals surface area contributed by atoms with Crippen LogP contribution in [0.15, 0.2) is 58.2 Å². The lowest BCUT2D eigenvalue weighted by Gasteiger charge is -2.07. The molecular weight excluding hydrogens is 393 g/mol. The van der Waals surface area contributed by atoms with E-state index in [1.54, 1.807) is 37.3 Å². The third kappa shape index (κ3) is 3.73. The van der Waals surface area contributed by atoms with Crippen LogP contribution in [0.1, 0.15) is 17.3 Å². The molecule has 1 heterocycles. The summed E-state index contributed by atoms with van der Waals surface area (Å²) < 4.78 is 14.7. The fourth-order valence-corrected chi connectivity index (χ4v) is 3.20. The van der Waals surface area contributed by atoms with E-state index in [1.807, 2.05) is 12.1 Å². The molecule has 3 rings (SSSR count). The summed E-state index contributed by atoms with van der Waals surface area (Å²) in [7, 11) is 0. The number of aromatic amines is 1. The van der Waals surface area contributed by atoms with E-state index in [2.05, 4.69) is 31.1 Å². The number of halogens is 2. The van der Waals surface area contributed by atoms with Gasteiger partial charge < -0.3 is 0 Å². The molecule has 0 aliphatic carbocycles. The maximum absolute atomic E-state index is 13.8. The highest BCUT2D eigenvalue weighted by Crippen LogP contribution is 2.26. The van der Waals surface area contributed by atoms with Crippen molar-refractivity contribution in [1.29, 1.82) is 0 Å². The molecule has 0 saturated heterocycles. The summed E-state index contributed by atoms with van der Waals surface area (Å²) in [5.74, 6) is -0.0344. The van der Waals surface area contributed by atoms with Crippen molar-refractivity contribution in [2.75, 3.05) is 0 Å². The van der Waals surface area contributed by atoms with Crippen LogP contribution in [0.4, 0.5) is 4.39 Å². The van der Waals surface area contributed by atoms with Crippen molar-refractivity contribution in [2.24, 2.45) is 0 Å². The lowest BCUT2D eigenvalue weighted by atomic mass is 10.1. The minimum atomic E-state index is -0.371. The van der Waals surface area contributed by atoms with Gasteiger partial charge in [-0.1, -0.05) is 52.0 Å². The first-order valence-electron chi connectivity index (χ1n) is 7.18. The van der Waals surface area contributed by atoms with Gasteiger partial charge in [-0.05, 0) is 31.2 Å². The van der Waals surface area contributed by atoms with E-state index in [4.69, 9.17) is 0 Å². The number of carbonyl (C=O) groups excluding carboxylic acids is 1. The average Bonchev–Trinajstić information content (AvgIpc) is 3.03. The molecule has 1 unspecified atom stereocenters. The number of hydrogen-bond acceptors (Lipinski definition) is 4. The predicted molar refractivity (Wildman–Crippen MR) is 95.6 cm³/mol. The Hall–Kier alpha value is -1.99. The summed E-state index contributed by atoms with van der Waals surface area (Å²) in [5, 5.41) is 6.84. The molecule has 1 aromatic heterocycles. The van der Waals surface area contributed by atoms with Crippen LogP contribution >= 0.6 is 27.7 Å². The van der Waals surface area contributed by atoms with Gasteiger partial charge in [-0.2, -0.15) is 0 Å². The molecule has 0 bridgehead atoms. The van der Waals surface area contributed by atoms with Gasteiger partial charge in [-0.3, -0.25) is 9.89 Å². The molecule has 4 nitrogen and oxygen atoms in total. The highest BCUT2D eigenvalue weighted by Gasteiger charge is 2.19. The number of thioether (sulfide) groups is 1. The van der Waals surface area contributed by atoms with Gasteiger partial charge in [0.15, 0.2) is 11.6 Å². The Morgan fingerprint density at radius 1 is 1.21 bits per heavy atom. The number of nitrogens with one attached hydrogen (secondary N) is 1. The summed E-state index contributed by atoms with van der Waals surface area (Å²) in [5.41, 5.74) is 0.979. The summed E-state index contributed by atoms with van der Waals surface area (Å²) in [4.78, 5) is 16.7. The molecule has 7 heteroatoms. The van der Waals surface area contributed by atoms with Gasteiger partial charge in [-0.25, -0.2) is 9.37 Å². The topological polar surface area (TPSA) is 58.6 Å². The zero-order chi connectivity index (χ0) is 17.1. The number of hydrogen-bond donors (Lipinski definition) is 1. The lowest BCUT2D eigenvalue weighted by Crippen LogP contribution is -2.13. The van der Waals surface area contributed by atoms with Crippen molar-refractivity contribution in [1.82, 2.24) is 15.2 Å². The maximum Gasteiger partial charge on any atom is 0.209 e. The van der Waals surface area contributed by atoms with Gasteiger partial charge in [-0.15, -0.1) is 5.10 Å². The van der Waals surface area contributed by atoms with Crippen molar-refractivity contribution in [3.05, 3.63) is 64.4 Å². The average molecular weight is 406 g/mol. The van der Waals surface area contributed by atoms with Crippen LogP contribution < -0.4 is 0 Å². The van der Waals surface area contributed by atoms with E-state index in [9.17, 15) is 9.18 Å². The van der Waals surface area contributed by atoms with Gasteiger partial charge in [0.1, 0.15) is 5.82 Å². The zero-order valence-electron chi connectivity index (χ0n) is 12.7. The molecule has 0 aliphatic rings. The minimum absolute atomic E-state index is 0.00950. The second-order valence-corrected chi connectivity index (χ2v) is 7.30. The van der Waals surface area contributed by atoms with Crippen LogP contribution in [-0.2, 0) is 0 Å². The number of rotatable bonds is 5. The molecule has 1 N–H and O–H groups in total. The first-order chi connectivity index (χ1) is 11.5. The van der Waals surface area contributed by atoms with E-state index in [0.717, 1.165) is 4.47 Å².